The van der Waals surface area contributed by atoms with E-state index in [0.29, 0.717) is 30.3 Å². The fraction of sp³-hybridized carbons (Fsp3) is 0.250. The molecular weight excluding hydrogens is 296 g/mol. The fourth-order valence-electron chi connectivity index (χ4n) is 2.17. The summed E-state index contributed by atoms with van der Waals surface area (Å²) in [5.74, 6) is -1.29. The number of nitrogens with two attached hydrogens (primary N) is 1. The molecule has 0 bridgehead atoms. The molecule has 1 amide bonds. The van der Waals surface area contributed by atoms with E-state index in [0.717, 1.165) is 0 Å². The summed E-state index contributed by atoms with van der Waals surface area (Å²) in [7, 11) is 0. The van der Waals surface area contributed by atoms with Crippen LogP contribution in [0.1, 0.15) is 34.7 Å². The molecule has 2 aromatic rings. The molecule has 0 aliphatic carbocycles. The van der Waals surface area contributed by atoms with Crippen LogP contribution in [0.15, 0.2) is 30.3 Å². The third-order valence-corrected chi connectivity index (χ3v) is 3.42. The highest BCUT2D eigenvalue weighted by molar-refractivity contribution is 5.93. The lowest BCUT2D eigenvalue weighted by Gasteiger charge is -2.19. The smallest absolute Gasteiger partial charge is 0.335 e. The average Bonchev–Trinajstić information content (AvgIpc) is 2.55. The van der Waals surface area contributed by atoms with Crippen LogP contribution in [-0.2, 0) is 0 Å². The van der Waals surface area contributed by atoms with Crippen molar-refractivity contribution in [2.24, 2.45) is 5.73 Å². The molecule has 0 saturated carbocycles. The summed E-state index contributed by atoms with van der Waals surface area (Å²) < 4.78 is 0. The zero-order valence-electron chi connectivity index (χ0n) is 13.0. The van der Waals surface area contributed by atoms with E-state index in [1.54, 1.807) is 12.1 Å². The highest BCUT2D eigenvalue weighted by atomic mass is 16.4. The second-order valence-corrected chi connectivity index (χ2v) is 4.86. The van der Waals surface area contributed by atoms with E-state index in [4.69, 9.17) is 10.8 Å². The first-order valence-electron chi connectivity index (χ1n) is 7.23. The van der Waals surface area contributed by atoms with Crippen LogP contribution in [0.25, 0.3) is 11.3 Å². The number of hydrogen-bond donors (Lipinski definition) is 2. The first-order valence-corrected chi connectivity index (χ1v) is 7.23. The predicted octanol–water partition coefficient (Wildman–Crippen LogP) is 1.79. The Labute approximate surface area is 133 Å². The van der Waals surface area contributed by atoms with Gasteiger partial charge in [-0.05, 0) is 32.0 Å². The van der Waals surface area contributed by atoms with Gasteiger partial charge in [0.2, 0.25) is 5.95 Å². The lowest BCUT2D eigenvalue weighted by molar-refractivity contribution is 0.0696. The van der Waals surface area contributed by atoms with Crippen LogP contribution in [-0.4, -0.2) is 40.0 Å². The van der Waals surface area contributed by atoms with Crippen LogP contribution < -0.4 is 10.6 Å². The van der Waals surface area contributed by atoms with Crippen molar-refractivity contribution in [1.82, 2.24) is 9.97 Å². The molecule has 7 heteroatoms. The summed E-state index contributed by atoms with van der Waals surface area (Å²) in [5, 5.41) is 9.10. The van der Waals surface area contributed by atoms with E-state index < -0.39 is 11.9 Å². The molecule has 0 spiro atoms. The number of nitrogens with zero attached hydrogens (tertiary/aromatic N) is 3. The van der Waals surface area contributed by atoms with Gasteiger partial charge >= 0.3 is 5.97 Å². The number of amides is 1. The number of anilines is 1. The van der Waals surface area contributed by atoms with Gasteiger partial charge in [-0.25, -0.2) is 14.8 Å². The normalized spacial score (nSPS) is 10.3. The number of carbonyl (C=O) groups excluding carboxylic acids is 1. The van der Waals surface area contributed by atoms with E-state index in [2.05, 4.69) is 9.97 Å². The monoisotopic (exact) mass is 314 g/mol. The zero-order valence-corrected chi connectivity index (χ0v) is 13.0. The van der Waals surface area contributed by atoms with Crippen LogP contribution in [0.4, 0.5) is 5.95 Å². The molecule has 0 aliphatic rings. The van der Waals surface area contributed by atoms with Gasteiger partial charge in [-0.3, -0.25) is 4.79 Å². The van der Waals surface area contributed by atoms with Crippen molar-refractivity contribution < 1.29 is 14.7 Å². The van der Waals surface area contributed by atoms with Crippen molar-refractivity contribution in [3.05, 3.63) is 41.6 Å². The van der Waals surface area contributed by atoms with Gasteiger partial charge in [-0.15, -0.1) is 0 Å². The number of carbonyl (C=O) groups is 2. The molecule has 0 unspecified atom stereocenters. The van der Waals surface area contributed by atoms with E-state index in [-0.39, 0.29) is 11.3 Å². The standard InChI is InChI=1S/C16H18N4O3/c1-3-20(4-2)16-18-12(9-13(19-16)14(17)21)10-6-5-7-11(8-10)15(22)23/h5-9H,3-4H2,1-2H3,(H2,17,21)(H,22,23). The van der Waals surface area contributed by atoms with Gasteiger partial charge in [0.1, 0.15) is 5.69 Å². The topological polar surface area (TPSA) is 109 Å². The average molecular weight is 314 g/mol. The summed E-state index contributed by atoms with van der Waals surface area (Å²) in [6.07, 6.45) is 0. The van der Waals surface area contributed by atoms with E-state index in [9.17, 15) is 9.59 Å². The van der Waals surface area contributed by atoms with E-state index >= 15 is 0 Å². The maximum atomic E-state index is 11.5. The molecule has 0 saturated heterocycles. The Kier molecular flexibility index (Phi) is 4.90. The lowest BCUT2D eigenvalue weighted by Crippen LogP contribution is -2.26. The first-order chi connectivity index (χ1) is 11.0. The Balaban J connectivity index is 2.59. The predicted molar refractivity (Wildman–Crippen MR) is 86.5 cm³/mol. The summed E-state index contributed by atoms with van der Waals surface area (Å²) in [6.45, 7) is 5.25. The number of aromatic nitrogens is 2. The molecule has 3 N–H and O–H groups in total. The SMILES string of the molecule is CCN(CC)c1nc(C(N)=O)cc(-c2cccc(C(=O)O)c2)n1. The number of rotatable bonds is 6. The molecular formula is C16H18N4O3. The zero-order chi connectivity index (χ0) is 17.0. The van der Waals surface area contributed by atoms with Crippen molar-refractivity contribution in [1.29, 1.82) is 0 Å². The molecule has 1 aromatic heterocycles. The Bertz CT molecular complexity index is 742. The summed E-state index contributed by atoms with van der Waals surface area (Å²) in [5.41, 5.74) is 6.63. The maximum Gasteiger partial charge on any atom is 0.335 e. The second-order valence-electron chi connectivity index (χ2n) is 4.86. The summed E-state index contributed by atoms with van der Waals surface area (Å²) >= 11 is 0. The van der Waals surface area contributed by atoms with Gasteiger partial charge in [0, 0.05) is 18.7 Å². The molecule has 120 valence electrons. The Morgan fingerprint density at radius 1 is 1.17 bits per heavy atom. The second kappa shape index (κ2) is 6.87. The molecule has 1 heterocycles. The molecule has 0 radical (unpaired) electrons. The summed E-state index contributed by atoms with van der Waals surface area (Å²) in [6, 6.07) is 7.82. The highest BCUT2D eigenvalue weighted by Crippen LogP contribution is 2.22. The third kappa shape index (κ3) is 3.63. The van der Waals surface area contributed by atoms with Crippen molar-refractivity contribution in [2.45, 2.75) is 13.8 Å². The quantitative estimate of drug-likeness (QED) is 0.841. The number of benzene rings is 1. The van der Waals surface area contributed by atoms with Crippen molar-refractivity contribution in [3.63, 3.8) is 0 Å². The highest BCUT2D eigenvalue weighted by Gasteiger charge is 2.14. The van der Waals surface area contributed by atoms with Crippen LogP contribution >= 0.6 is 0 Å². The molecule has 7 nitrogen and oxygen atoms in total. The van der Waals surface area contributed by atoms with Gasteiger partial charge in [0.25, 0.3) is 5.91 Å². The lowest BCUT2D eigenvalue weighted by atomic mass is 10.1. The van der Waals surface area contributed by atoms with Crippen molar-refractivity contribution in [2.75, 3.05) is 18.0 Å². The molecule has 0 atom stereocenters. The Morgan fingerprint density at radius 2 is 1.87 bits per heavy atom. The molecule has 23 heavy (non-hydrogen) atoms. The van der Waals surface area contributed by atoms with Crippen molar-refractivity contribution in [3.8, 4) is 11.3 Å². The number of carboxylic acids is 1. The summed E-state index contributed by atoms with van der Waals surface area (Å²) in [4.78, 5) is 33.2. The van der Waals surface area contributed by atoms with E-state index in [1.165, 1.54) is 18.2 Å². The molecule has 0 fully saturated rings. The number of hydrogen-bond acceptors (Lipinski definition) is 5. The molecule has 2 rings (SSSR count). The number of carboxylic acid groups (broad SMARTS) is 1. The molecule has 1 aromatic carbocycles. The van der Waals surface area contributed by atoms with Crippen LogP contribution in [0.3, 0.4) is 0 Å². The number of primary amides is 1. The van der Waals surface area contributed by atoms with Crippen LogP contribution in [0, 0.1) is 0 Å². The minimum Gasteiger partial charge on any atom is -0.478 e. The fourth-order valence-corrected chi connectivity index (χ4v) is 2.17. The van der Waals surface area contributed by atoms with E-state index in [1.807, 2.05) is 18.7 Å². The largest absolute Gasteiger partial charge is 0.478 e. The van der Waals surface area contributed by atoms with Gasteiger partial charge < -0.3 is 15.7 Å². The van der Waals surface area contributed by atoms with Gasteiger partial charge in [0.15, 0.2) is 0 Å². The van der Waals surface area contributed by atoms with Gasteiger partial charge in [0.05, 0.1) is 11.3 Å². The number of aromatic carboxylic acids is 1. The molecule has 0 aliphatic heterocycles. The Hall–Kier alpha value is -2.96. The van der Waals surface area contributed by atoms with Crippen molar-refractivity contribution >= 4 is 17.8 Å². The van der Waals surface area contributed by atoms with Crippen LogP contribution in [0.5, 0.6) is 0 Å². The van der Waals surface area contributed by atoms with Gasteiger partial charge in [-0.1, -0.05) is 12.1 Å². The Morgan fingerprint density at radius 3 is 2.43 bits per heavy atom. The van der Waals surface area contributed by atoms with Gasteiger partial charge in [-0.2, -0.15) is 0 Å². The maximum absolute atomic E-state index is 11.5. The van der Waals surface area contributed by atoms with Crippen LogP contribution in [0.2, 0.25) is 0 Å². The third-order valence-electron chi connectivity index (χ3n) is 3.42. The minimum absolute atomic E-state index is 0.0950. The minimum atomic E-state index is -1.03. The first kappa shape index (κ1) is 16.4.